The molecule has 0 radical (unpaired) electrons. The molecular weight excluding hydrogens is 336 g/mol. The summed E-state index contributed by atoms with van der Waals surface area (Å²) in [6.45, 7) is 1.56. The molecule has 0 saturated heterocycles. The van der Waals surface area contributed by atoms with Gasteiger partial charge in [-0.2, -0.15) is 0 Å². The Morgan fingerprint density at radius 3 is 2.84 bits per heavy atom. The number of Topliss-reactive ketones (excluding diaryl/α,β-unsaturated/α-hetero) is 1. The van der Waals surface area contributed by atoms with Crippen LogP contribution in [0.25, 0.3) is 16.2 Å². The number of hydrogen-bond acceptors (Lipinski definition) is 6. The molecule has 130 valence electrons. The zero-order chi connectivity index (χ0) is 17.4. The second-order valence-electron chi connectivity index (χ2n) is 6.55. The second-order valence-corrected chi connectivity index (χ2v) is 7.50. The van der Waals surface area contributed by atoms with Gasteiger partial charge in [0.2, 0.25) is 10.1 Å². The van der Waals surface area contributed by atoms with E-state index in [0.29, 0.717) is 11.6 Å². The third-order valence-corrected chi connectivity index (χ3v) is 5.49. The van der Waals surface area contributed by atoms with Crippen LogP contribution in [0.1, 0.15) is 43.0 Å². The summed E-state index contributed by atoms with van der Waals surface area (Å²) < 4.78 is 1.78. The molecule has 4 rings (SSSR count). The Bertz CT molecular complexity index is 877. The minimum absolute atomic E-state index is 0.0464. The Kier molecular flexibility index (Phi) is 4.27. The predicted molar refractivity (Wildman–Crippen MR) is 98.2 cm³/mol. The number of anilines is 1. The van der Waals surface area contributed by atoms with Crippen molar-refractivity contribution in [2.45, 2.75) is 44.8 Å². The van der Waals surface area contributed by atoms with Crippen molar-refractivity contribution in [2.24, 2.45) is 0 Å². The fourth-order valence-electron chi connectivity index (χ4n) is 3.19. The lowest BCUT2D eigenvalue weighted by Crippen LogP contribution is -2.28. The summed E-state index contributed by atoms with van der Waals surface area (Å²) in [6.07, 6.45) is 5.35. The number of carbonyl (C=O) groups excluding carboxylic acids is 1. The number of aliphatic hydroxyl groups is 1. The summed E-state index contributed by atoms with van der Waals surface area (Å²) in [5, 5.41) is 18.5. The van der Waals surface area contributed by atoms with Gasteiger partial charge >= 0.3 is 0 Å². The van der Waals surface area contributed by atoms with Crippen LogP contribution in [0.15, 0.2) is 30.5 Å². The van der Waals surface area contributed by atoms with Crippen LogP contribution in [0.2, 0.25) is 0 Å². The molecule has 25 heavy (non-hydrogen) atoms. The summed E-state index contributed by atoms with van der Waals surface area (Å²) in [5.41, 5.74) is 2.42. The van der Waals surface area contributed by atoms with E-state index in [9.17, 15) is 9.90 Å². The van der Waals surface area contributed by atoms with Gasteiger partial charge in [-0.05, 0) is 38.7 Å². The van der Waals surface area contributed by atoms with E-state index >= 15 is 0 Å². The van der Waals surface area contributed by atoms with E-state index in [1.165, 1.54) is 11.3 Å². The Morgan fingerprint density at radius 1 is 1.32 bits per heavy atom. The first kappa shape index (κ1) is 16.2. The van der Waals surface area contributed by atoms with Crippen LogP contribution in [0.5, 0.6) is 0 Å². The largest absolute Gasteiger partial charge is 0.393 e. The van der Waals surface area contributed by atoms with Crippen LogP contribution in [0.4, 0.5) is 5.13 Å². The number of hydrogen-bond donors (Lipinski definition) is 2. The molecule has 0 aliphatic heterocycles. The van der Waals surface area contributed by atoms with E-state index in [2.05, 4.69) is 15.4 Å². The first-order valence-corrected chi connectivity index (χ1v) is 9.32. The fraction of sp³-hybridized carbons (Fsp3) is 0.389. The lowest BCUT2D eigenvalue weighted by atomic mass is 9.93. The zero-order valence-corrected chi connectivity index (χ0v) is 14.8. The van der Waals surface area contributed by atoms with Gasteiger partial charge < -0.3 is 10.4 Å². The van der Waals surface area contributed by atoms with Crippen LogP contribution >= 0.6 is 11.3 Å². The first-order valence-electron chi connectivity index (χ1n) is 8.50. The van der Waals surface area contributed by atoms with Crippen molar-refractivity contribution in [3.8, 4) is 11.3 Å². The molecule has 1 fully saturated rings. The van der Waals surface area contributed by atoms with Gasteiger partial charge in [0, 0.05) is 17.2 Å². The number of aliphatic hydroxyl groups excluding tert-OH is 1. The lowest BCUT2D eigenvalue weighted by Gasteiger charge is -2.25. The van der Waals surface area contributed by atoms with E-state index in [1.807, 2.05) is 30.5 Å². The summed E-state index contributed by atoms with van der Waals surface area (Å²) in [7, 11) is 0. The van der Waals surface area contributed by atoms with Crippen molar-refractivity contribution in [3.63, 3.8) is 0 Å². The maximum absolute atomic E-state index is 11.5. The molecule has 1 aromatic carbocycles. The second kappa shape index (κ2) is 6.57. The number of aromatic nitrogens is 3. The summed E-state index contributed by atoms with van der Waals surface area (Å²) in [5.74, 6) is 0.0464. The van der Waals surface area contributed by atoms with Crippen LogP contribution in [0.3, 0.4) is 0 Å². The third kappa shape index (κ3) is 3.43. The lowest BCUT2D eigenvalue weighted by molar-refractivity contribution is 0.101. The van der Waals surface area contributed by atoms with Gasteiger partial charge in [-0.1, -0.05) is 29.5 Å². The molecule has 1 saturated carbocycles. The Hall–Kier alpha value is -2.25. The molecule has 0 atom stereocenters. The number of nitrogens with zero attached hydrogens (tertiary/aromatic N) is 3. The van der Waals surface area contributed by atoms with Crippen molar-refractivity contribution in [1.29, 1.82) is 0 Å². The maximum Gasteiger partial charge on any atom is 0.214 e. The van der Waals surface area contributed by atoms with Crippen LogP contribution in [0, 0.1) is 0 Å². The molecule has 2 heterocycles. The number of imidazole rings is 1. The summed E-state index contributed by atoms with van der Waals surface area (Å²) in [4.78, 5) is 17.0. The maximum atomic E-state index is 11.5. The van der Waals surface area contributed by atoms with Gasteiger partial charge in [0.15, 0.2) is 5.78 Å². The van der Waals surface area contributed by atoms with E-state index in [1.54, 1.807) is 11.4 Å². The molecule has 0 bridgehead atoms. The highest BCUT2D eigenvalue weighted by molar-refractivity contribution is 7.20. The smallest absolute Gasteiger partial charge is 0.214 e. The SMILES string of the molecule is CC(=O)c1cccc(-c2cn3nc(NC4CCC(O)CC4)sc3n2)c1. The van der Waals surface area contributed by atoms with Gasteiger partial charge in [-0.25, -0.2) is 9.50 Å². The number of ketones is 1. The number of nitrogens with one attached hydrogen (secondary N) is 1. The minimum atomic E-state index is -0.153. The molecule has 2 N–H and O–H groups in total. The molecule has 0 unspecified atom stereocenters. The minimum Gasteiger partial charge on any atom is -0.393 e. The normalized spacial score (nSPS) is 20.7. The Balaban J connectivity index is 1.53. The van der Waals surface area contributed by atoms with Crippen molar-refractivity contribution < 1.29 is 9.90 Å². The first-order chi connectivity index (χ1) is 12.1. The Morgan fingerprint density at radius 2 is 2.12 bits per heavy atom. The highest BCUT2D eigenvalue weighted by atomic mass is 32.1. The van der Waals surface area contributed by atoms with Gasteiger partial charge in [-0.3, -0.25) is 4.79 Å². The molecule has 7 heteroatoms. The highest BCUT2D eigenvalue weighted by Gasteiger charge is 2.20. The van der Waals surface area contributed by atoms with Crippen molar-refractivity contribution in [3.05, 3.63) is 36.0 Å². The molecular formula is C18H20N4O2S. The fourth-order valence-corrected chi connectivity index (χ4v) is 4.05. The predicted octanol–water partition coefficient (Wildman–Crippen LogP) is 3.38. The van der Waals surface area contributed by atoms with E-state index < -0.39 is 0 Å². The highest BCUT2D eigenvalue weighted by Crippen LogP contribution is 2.27. The molecule has 0 amide bonds. The molecule has 3 aromatic rings. The standard InChI is InChI=1S/C18H20N4O2S/c1-11(23)12-3-2-4-13(9-12)16-10-22-18(20-16)25-17(21-22)19-14-5-7-15(24)8-6-14/h2-4,9-10,14-15,24H,5-8H2,1H3,(H,19,21). The zero-order valence-electron chi connectivity index (χ0n) is 14.0. The van der Waals surface area contributed by atoms with Crippen molar-refractivity contribution >= 4 is 27.2 Å². The van der Waals surface area contributed by atoms with Crippen LogP contribution in [-0.2, 0) is 0 Å². The van der Waals surface area contributed by atoms with Crippen molar-refractivity contribution in [2.75, 3.05) is 5.32 Å². The molecule has 1 aliphatic carbocycles. The number of fused-ring (bicyclic) bond motifs is 1. The van der Waals surface area contributed by atoms with Crippen LogP contribution < -0.4 is 5.32 Å². The van der Waals surface area contributed by atoms with Crippen molar-refractivity contribution in [1.82, 2.24) is 14.6 Å². The van der Waals surface area contributed by atoms with E-state index in [0.717, 1.165) is 47.0 Å². The monoisotopic (exact) mass is 356 g/mol. The van der Waals surface area contributed by atoms with Gasteiger partial charge in [0.1, 0.15) is 0 Å². The average Bonchev–Trinajstić information content (AvgIpc) is 3.15. The molecule has 2 aromatic heterocycles. The Labute approximate surface area is 149 Å². The number of rotatable bonds is 4. The van der Waals surface area contributed by atoms with Gasteiger partial charge in [-0.15, -0.1) is 5.10 Å². The summed E-state index contributed by atoms with van der Waals surface area (Å²) in [6, 6.07) is 7.86. The topological polar surface area (TPSA) is 79.5 Å². The van der Waals surface area contributed by atoms with Crippen LogP contribution in [-0.4, -0.2) is 37.6 Å². The van der Waals surface area contributed by atoms with Gasteiger partial charge in [0.05, 0.1) is 18.0 Å². The number of carbonyl (C=O) groups is 1. The quantitative estimate of drug-likeness (QED) is 0.701. The molecule has 0 spiro atoms. The summed E-state index contributed by atoms with van der Waals surface area (Å²) >= 11 is 1.52. The average molecular weight is 356 g/mol. The molecule has 6 nitrogen and oxygen atoms in total. The third-order valence-electron chi connectivity index (χ3n) is 4.63. The van der Waals surface area contributed by atoms with E-state index in [-0.39, 0.29) is 11.9 Å². The number of benzene rings is 1. The van der Waals surface area contributed by atoms with Gasteiger partial charge in [0.25, 0.3) is 0 Å². The molecule has 1 aliphatic rings. The van der Waals surface area contributed by atoms with E-state index in [4.69, 9.17) is 0 Å².